The lowest BCUT2D eigenvalue weighted by atomic mass is 10.1. The van der Waals surface area contributed by atoms with Gasteiger partial charge in [0.15, 0.2) is 0 Å². The van der Waals surface area contributed by atoms with Crippen molar-refractivity contribution in [1.29, 1.82) is 0 Å². The molecule has 1 amide bonds. The highest BCUT2D eigenvalue weighted by molar-refractivity contribution is 7.99. The number of phenols is 1. The molecule has 1 N–H and O–H groups in total. The van der Waals surface area contributed by atoms with Gasteiger partial charge >= 0.3 is 0 Å². The van der Waals surface area contributed by atoms with Crippen LogP contribution in [0.3, 0.4) is 0 Å². The first kappa shape index (κ1) is 11.3. The van der Waals surface area contributed by atoms with Gasteiger partial charge in [0.05, 0.1) is 5.56 Å². The number of thioether (sulfide) groups is 1. The van der Waals surface area contributed by atoms with Gasteiger partial charge in [-0.1, -0.05) is 12.1 Å². The normalized spacial score (nSPS) is 20.8. The second kappa shape index (κ2) is 4.78. The Bertz CT molecular complexity index is 394. The third kappa shape index (κ3) is 2.16. The molecular weight excluding hydrogens is 222 g/mol. The Hall–Kier alpha value is -1.16. The van der Waals surface area contributed by atoms with Crippen molar-refractivity contribution in [3.05, 3.63) is 29.8 Å². The van der Waals surface area contributed by atoms with Gasteiger partial charge in [0, 0.05) is 24.1 Å². The van der Waals surface area contributed by atoms with E-state index in [2.05, 4.69) is 0 Å². The quantitative estimate of drug-likeness (QED) is 0.812. The fraction of sp³-hybridized carbons (Fsp3) is 0.417. The number of hydrogen-bond donors (Lipinski definition) is 1. The van der Waals surface area contributed by atoms with E-state index in [0.29, 0.717) is 5.56 Å². The number of carbonyl (C=O) groups excluding carboxylic acids is 1. The van der Waals surface area contributed by atoms with Gasteiger partial charge in [0.25, 0.3) is 5.91 Å². The Morgan fingerprint density at radius 1 is 1.50 bits per heavy atom. The van der Waals surface area contributed by atoms with Crippen LogP contribution in [0.15, 0.2) is 24.3 Å². The van der Waals surface area contributed by atoms with Gasteiger partial charge in [0.2, 0.25) is 0 Å². The van der Waals surface area contributed by atoms with Gasteiger partial charge in [-0.2, -0.15) is 11.8 Å². The molecule has 1 aromatic carbocycles. The molecule has 86 valence electrons. The number of amides is 1. The number of para-hydroxylation sites is 1. The second-order valence-corrected chi connectivity index (χ2v) is 5.09. The monoisotopic (exact) mass is 237 g/mol. The molecule has 0 radical (unpaired) electrons. The Labute approximate surface area is 99.5 Å². The molecule has 1 heterocycles. The van der Waals surface area contributed by atoms with Crippen LogP contribution in [0.2, 0.25) is 0 Å². The van der Waals surface area contributed by atoms with Crippen molar-refractivity contribution in [2.45, 2.75) is 13.0 Å². The zero-order chi connectivity index (χ0) is 11.5. The maximum atomic E-state index is 12.2. The number of carbonyl (C=O) groups is 1. The minimum Gasteiger partial charge on any atom is -0.507 e. The molecule has 0 aromatic heterocycles. The topological polar surface area (TPSA) is 40.5 Å². The van der Waals surface area contributed by atoms with Gasteiger partial charge in [0.1, 0.15) is 5.75 Å². The number of nitrogens with zero attached hydrogens (tertiary/aromatic N) is 1. The Morgan fingerprint density at radius 2 is 2.25 bits per heavy atom. The third-order valence-electron chi connectivity index (χ3n) is 2.76. The number of hydrogen-bond acceptors (Lipinski definition) is 3. The van der Waals surface area contributed by atoms with E-state index in [0.717, 1.165) is 18.1 Å². The summed E-state index contributed by atoms with van der Waals surface area (Å²) in [5.74, 6) is 1.95. The first-order valence-electron chi connectivity index (χ1n) is 5.37. The van der Waals surface area contributed by atoms with Gasteiger partial charge in [-0.25, -0.2) is 0 Å². The third-order valence-corrected chi connectivity index (χ3v) is 3.95. The lowest BCUT2D eigenvalue weighted by Crippen LogP contribution is -2.44. The van der Waals surface area contributed by atoms with E-state index >= 15 is 0 Å². The van der Waals surface area contributed by atoms with E-state index < -0.39 is 0 Å². The summed E-state index contributed by atoms with van der Waals surface area (Å²) >= 11 is 1.87. The standard InChI is InChI=1S/C12H15NO2S/c1-9-8-16-7-6-13(9)12(15)10-4-2-3-5-11(10)14/h2-5,9,14H,6-8H2,1H3. The maximum Gasteiger partial charge on any atom is 0.257 e. The fourth-order valence-electron chi connectivity index (χ4n) is 1.84. The fourth-order valence-corrected chi connectivity index (χ4v) is 2.85. The predicted octanol–water partition coefficient (Wildman–Crippen LogP) is 1.97. The molecule has 1 aromatic rings. The molecular formula is C12H15NO2S. The van der Waals surface area contributed by atoms with Crippen LogP contribution in [-0.2, 0) is 0 Å². The highest BCUT2D eigenvalue weighted by Crippen LogP contribution is 2.22. The SMILES string of the molecule is CC1CSCCN1C(=O)c1ccccc1O. The van der Waals surface area contributed by atoms with Gasteiger partial charge in [-0.3, -0.25) is 4.79 Å². The largest absolute Gasteiger partial charge is 0.507 e. The van der Waals surface area contributed by atoms with Crippen molar-refractivity contribution in [3.8, 4) is 5.75 Å². The van der Waals surface area contributed by atoms with Crippen LogP contribution in [0.1, 0.15) is 17.3 Å². The van der Waals surface area contributed by atoms with Crippen molar-refractivity contribution in [3.63, 3.8) is 0 Å². The summed E-state index contributed by atoms with van der Waals surface area (Å²) in [6.45, 7) is 2.81. The molecule has 2 rings (SSSR count). The predicted molar refractivity (Wildman–Crippen MR) is 65.9 cm³/mol. The van der Waals surface area contributed by atoms with Crippen molar-refractivity contribution in [2.75, 3.05) is 18.1 Å². The molecule has 4 heteroatoms. The number of aromatic hydroxyl groups is 1. The molecule has 1 aliphatic rings. The zero-order valence-corrected chi connectivity index (χ0v) is 10.0. The molecule has 1 unspecified atom stereocenters. The molecule has 0 bridgehead atoms. The summed E-state index contributed by atoms with van der Waals surface area (Å²) in [5.41, 5.74) is 0.404. The van der Waals surface area contributed by atoms with Gasteiger partial charge < -0.3 is 10.0 Å². The summed E-state index contributed by atoms with van der Waals surface area (Å²) in [5, 5.41) is 9.65. The number of phenolic OH excluding ortho intramolecular Hbond substituents is 1. The molecule has 1 atom stereocenters. The van der Waals surface area contributed by atoms with Gasteiger partial charge in [-0.05, 0) is 19.1 Å². The summed E-state index contributed by atoms with van der Waals surface area (Å²) < 4.78 is 0. The lowest BCUT2D eigenvalue weighted by molar-refractivity contribution is 0.0713. The van der Waals surface area contributed by atoms with Crippen molar-refractivity contribution < 1.29 is 9.90 Å². The van der Waals surface area contributed by atoms with Crippen LogP contribution < -0.4 is 0 Å². The van der Waals surface area contributed by atoms with Crippen LogP contribution in [-0.4, -0.2) is 40.0 Å². The number of benzene rings is 1. The van der Waals surface area contributed by atoms with E-state index in [1.54, 1.807) is 24.3 Å². The smallest absolute Gasteiger partial charge is 0.257 e. The average Bonchev–Trinajstić information content (AvgIpc) is 2.29. The molecule has 1 saturated heterocycles. The van der Waals surface area contributed by atoms with Crippen LogP contribution in [0, 0.1) is 0 Å². The zero-order valence-electron chi connectivity index (χ0n) is 9.22. The minimum absolute atomic E-state index is 0.0640. The minimum atomic E-state index is -0.0640. The van der Waals surface area contributed by atoms with E-state index in [4.69, 9.17) is 0 Å². The summed E-state index contributed by atoms with van der Waals surface area (Å²) in [4.78, 5) is 14.0. The Kier molecular flexibility index (Phi) is 3.39. The van der Waals surface area contributed by atoms with Crippen LogP contribution in [0.25, 0.3) is 0 Å². The summed E-state index contributed by atoms with van der Waals surface area (Å²) in [6, 6.07) is 6.96. The van der Waals surface area contributed by atoms with E-state index in [1.807, 2.05) is 23.6 Å². The molecule has 0 saturated carbocycles. The van der Waals surface area contributed by atoms with E-state index in [9.17, 15) is 9.90 Å². The van der Waals surface area contributed by atoms with Gasteiger partial charge in [-0.15, -0.1) is 0 Å². The lowest BCUT2D eigenvalue weighted by Gasteiger charge is -2.33. The molecule has 1 aliphatic heterocycles. The van der Waals surface area contributed by atoms with Crippen molar-refractivity contribution in [2.24, 2.45) is 0 Å². The van der Waals surface area contributed by atoms with Crippen LogP contribution in [0.5, 0.6) is 5.75 Å². The van der Waals surface area contributed by atoms with E-state index in [-0.39, 0.29) is 17.7 Å². The summed E-state index contributed by atoms with van der Waals surface area (Å²) in [7, 11) is 0. The van der Waals surface area contributed by atoms with Crippen molar-refractivity contribution >= 4 is 17.7 Å². The van der Waals surface area contributed by atoms with E-state index in [1.165, 1.54) is 0 Å². The van der Waals surface area contributed by atoms with Crippen LogP contribution in [0.4, 0.5) is 0 Å². The molecule has 16 heavy (non-hydrogen) atoms. The van der Waals surface area contributed by atoms with Crippen LogP contribution >= 0.6 is 11.8 Å². The molecule has 1 fully saturated rings. The first-order chi connectivity index (χ1) is 7.70. The Morgan fingerprint density at radius 3 is 2.94 bits per heavy atom. The molecule has 3 nitrogen and oxygen atoms in total. The molecule has 0 spiro atoms. The Balaban J connectivity index is 2.21. The highest BCUT2D eigenvalue weighted by atomic mass is 32.2. The maximum absolute atomic E-state index is 12.2. The summed E-state index contributed by atoms with van der Waals surface area (Å²) in [6.07, 6.45) is 0. The second-order valence-electron chi connectivity index (χ2n) is 3.94. The first-order valence-corrected chi connectivity index (χ1v) is 6.52. The highest BCUT2D eigenvalue weighted by Gasteiger charge is 2.25. The van der Waals surface area contributed by atoms with Crippen molar-refractivity contribution in [1.82, 2.24) is 4.90 Å². The average molecular weight is 237 g/mol. The molecule has 0 aliphatic carbocycles. The number of rotatable bonds is 1.